The van der Waals surface area contributed by atoms with E-state index in [-0.39, 0.29) is 0 Å². The Hall–Kier alpha value is -2.11. The topological polar surface area (TPSA) is 68.7 Å². The van der Waals surface area contributed by atoms with Crippen LogP contribution in [0.1, 0.15) is 18.5 Å². The number of carboxylic acid groups (broad SMARTS) is 1. The zero-order valence-electron chi connectivity index (χ0n) is 13.3. The molecule has 2 aromatic rings. The molecule has 0 saturated carbocycles. The highest BCUT2D eigenvalue weighted by Gasteiger charge is 2.10. The highest BCUT2D eigenvalue weighted by Crippen LogP contribution is 2.30. The van der Waals surface area contributed by atoms with Crippen LogP contribution in [-0.2, 0) is 16.0 Å². The maximum atomic E-state index is 10.7. The van der Waals surface area contributed by atoms with Gasteiger partial charge in [-0.25, -0.2) is 9.78 Å². The lowest BCUT2D eigenvalue weighted by Crippen LogP contribution is -2.10. The number of aryl methyl sites for hydroxylation is 1. The van der Waals surface area contributed by atoms with Crippen LogP contribution in [-0.4, -0.2) is 35.9 Å². The van der Waals surface area contributed by atoms with Gasteiger partial charge >= 0.3 is 5.97 Å². The zero-order chi connectivity index (χ0) is 17.4. The highest BCUT2D eigenvalue weighted by molar-refractivity contribution is 6.35. The Morgan fingerprint density at radius 2 is 2.12 bits per heavy atom. The van der Waals surface area contributed by atoms with E-state index in [1.165, 1.54) is 0 Å². The number of hydrogen-bond acceptors (Lipinski definition) is 4. The van der Waals surface area contributed by atoms with Gasteiger partial charge in [0.2, 0.25) is 0 Å². The van der Waals surface area contributed by atoms with Crippen LogP contribution in [0.5, 0.6) is 5.75 Å². The van der Waals surface area contributed by atoms with Gasteiger partial charge in [-0.3, -0.25) is 0 Å². The third-order valence-corrected chi connectivity index (χ3v) is 3.71. The minimum Gasteiger partial charge on any atom is -0.480 e. The van der Waals surface area contributed by atoms with Crippen molar-refractivity contribution in [2.45, 2.75) is 19.3 Å². The molecule has 0 atom stereocenters. The summed E-state index contributed by atoms with van der Waals surface area (Å²) in [6, 6.07) is 7.15. The summed E-state index contributed by atoms with van der Waals surface area (Å²) >= 11 is 6.18. The number of aromatic nitrogens is 1. The van der Waals surface area contributed by atoms with Gasteiger partial charge in [-0.05, 0) is 43.5 Å². The van der Waals surface area contributed by atoms with Gasteiger partial charge in [-0.15, -0.1) is 6.58 Å². The summed E-state index contributed by atoms with van der Waals surface area (Å²) in [5.41, 5.74) is 1.50. The highest BCUT2D eigenvalue weighted by atomic mass is 35.5. The average Bonchev–Trinajstić information content (AvgIpc) is 2.57. The van der Waals surface area contributed by atoms with E-state index in [2.05, 4.69) is 11.6 Å². The number of pyridine rings is 1. The largest absolute Gasteiger partial charge is 0.480 e. The molecule has 24 heavy (non-hydrogen) atoms. The SMILES string of the molecule is C=CCOCCCCc1ccc2c(Cl)ccc(OCC(=O)O)c2n1. The molecule has 0 fully saturated rings. The number of aliphatic carboxylic acids is 1. The fourth-order valence-electron chi connectivity index (χ4n) is 2.27. The monoisotopic (exact) mass is 349 g/mol. The first-order valence-electron chi connectivity index (χ1n) is 7.73. The molecule has 0 unspecified atom stereocenters. The van der Waals surface area contributed by atoms with Crippen LogP contribution in [0.2, 0.25) is 5.02 Å². The smallest absolute Gasteiger partial charge is 0.341 e. The summed E-state index contributed by atoms with van der Waals surface area (Å²) in [7, 11) is 0. The zero-order valence-corrected chi connectivity index (χ0v) is 14.1. The van der Waals surface area contributed by atoms with E-state index in [0.29, 0.717) is 29.5 Å². The van der Waals surface area contributed by atoms with Gasteiger partial charge in [-0.2, -0.15) is 0 Å². The molecule has 1 aromatic carbocycles. The summed E-state index contributed by atoms with van der Waals surface area (Å²) in [4.78, 5) is 15.3. The summed E-state index contributed by atoms with van der Waals surface area (Å²) < 4.78 is 10.7. The van der Waals surface area contributed by atoms with Gasteiger partial charge < -0.3 is 14.6 Å². The lowest BCUT2D eigenvalue weighted by atomic mass is 10.1. The minimum absolute atomic E-state index is 0.413. The number of halogens is 1. The van der Waals surface area contributed by atoms with Crippen LogP contribution < -0.4 is 4.74 Å². The Morgan fingerprint density at radius 1 is 1.29 bits per heavy atom. The third-order valence-electron chi connectivity index (χ3n) is 3.38. The number of hydrogen-bond donors (Lipinski definition) is 1. The standard InChI is InChI=1S/C18H20ClNO4/c1-2-10-23-11-4-3-5-13-6-7-14-15(19)8-9-16(18(14)20-13)24-12-17(21)22/h2,6-9H,1,3-5,10-12H2,(H,21,22). The second kappa shape index (κ2) is 9.25. The van der Waals surface area contributed by atoms with Crippen molar-refractivity contribution < 1.29 is 19.4 Å². The van der Waals surface area contributed by atoms with Crippen LogP contribution in [0, 0.1) is 0 Å². The fourth-order valence-corrected chi connectivity index (χ4v) is 2.49. The maximum Gasteiger partial charge on any atom is 0.341 e. The number of ether oxygens (including phenoxy) is 2. The molecule has 0 aliphatic heterocycles. The number of carbonyl (C=O) groups is 1. The van der Waals surface area contributed by atoms with E-state index < -0.39 is 12.6 Å². The number of rotatable bonds is 10. The number of carboxylic acids is 1. The second-order valence-electron chi connectivity index (χ2n) is 5.25. The number of fused-ring (bicyclic) bond motifs is 1. The van der Waals surface area contributed by atoms with E-state index in [1.807, 2.05) is 12.1 Å². The predicted molar refractivity (Wildman–Crippen MR) is 93.8 cm³/mol. The molecule has 0 aliphatic rings. The Balaban J connectivity index is 2.08. The molecule has 0 spiro atoms. The summed E-state index contributed by atoms with van der Waals surface area (Å²) in [6.45, 7) is 4.45. The first-order chi connectivity index (χ1) is 11.6. The molecule has 2 rings (SSSR count). The van der Waals surface area contributed by atoms with E-state index in [1.54, 1.807) is 18.2 Å². The summed E-state index contributed by atoms with van der Waals surface area (Å²) in [6.07, 6.45) is 4.42. The van der Waals surface area contributed by atoms with Crippen molar-refractivity contribution in [2.75, 3.05) is 19.8 Å². The van der Waals surface area contributed by atoms with Crippen LogP contribution >= 0.6 is 11.6 Å². The molecule has 0 radical (unpaired) electrons. The molecule has 6 heteroatoms. The number of nitrogens with zero attached hydrogens (tertiary/aromatic N) is 1. The van der Waals surface area contributed by atoms with Crippen molar-refractivity contribution in [3.63, 3.8) is 0 Å². The van der Waals surface area contributed by atoms with Gasteiger partial charge in [0.1, 0.15) is 11.3 Å². The Bertz CT molecular complexity index is 717. The van der Waals surface area contributed by atoms with E-state index in [0.717, 1.165) is 30.3 Å². The van der Waals surface area contributed by atoms with Gasteiger partial charge in [0, 0.05) is 17.7 Å². The van der Waals surface area contributed by atoms with Crippen molar-refractivity contribution in [1.82, 2.24) is 4.98 Å². The molecule has 1 aromatic heterocycles. The summed E-state index contributed by atoms with van der Waals surface area (Å²) in [5.74, 6) is -0.609. The quantitative estimate of drug-likeness (QED) is 0.520. The lowest BCUT2D eigenvalue weighted by molar-refractivity contribution is -0.139. The Labute approximate surface area is 145 Å². The molecule has 5 nitrogen and oxygen atoms in total. The van der Waals surface area contributed by atoms with Gasteiger partial charge in [0.15, 0.2) is 6.61 Å². The fraction of sp³-hybridized carbons (Fsp3) is 0.333. The first-order valence-corrected chi connectivity index (χ1v) is 8.11. The second-order valence-corrected chi connectivity index (χ2v) is 5.65. The van der Waals surface area contributed by atoms with Crippen molar-refractivity contribution in [2.24, 2.45) is 0 Å². The molecule has 0 saturated heterocycles. The molecule has 0 amide bonds. The third kappa shape index (κ3) is 5.22. The van der Waals surface area contributed by atoms with Gasteiger partial charge in [-0.1, -0.05) is 17.7 Å². The molecule has 0 bridgehead atoms. The summed E-state index contributed by atoms with van der Waals surface area (Å²) in [5, 5.41) is 10.1. The Morgan fingerprint density at radius 3 is 2.88 bits per heavy atom. The average molecular weight is 350 g/mol. The minimum atomic E-state index is -1.03. The van der Waals surface area contributed by atoms with E-state index >= 15 is 0 Å². The number of unbranched alkanes of at least 4 members (excludes halogenated alkanes) is 1. The van der Waals surface area contributed by atoms with Crippen LogP contribution in [0.3, 0.4) is 0 Å². The molecular formula is C18H20ClNO4. The normalized spacial score (nSPS) is 10.7. The van der Waals surface area contributed by atoms with Crippen molar-refractivity contribution in [3.05, 3.63) is 47.6 Å². The Kier molecular flexibility index (Phi) is 7.03. The van der Waals surface area contributed by atoms with E-state index in [4.69, 9.17) is 26.2 Å². The van der Waals surface area contributed by atoms with Crippen molar-refractivity contribution in [1.29, 1.82) is 0 Å². The van der Waals surface area contributed by atoms with E-state index in [9.17, 15) is 4.79 Å². The molecule has 0 aliphatic carbocycles. The van der Waals surface area contributed by atoms with Gasteiger partial charge in [0.05, 0.1) is 11.6 Å². The van der Waals surface area contributed by atoms with Crippen molar-refractivity contribution in [3.8, 4) is 5.75 Å². The maximum absolute atomic E-state index is 10.7. The lowest BCUT2D eigenvalue weighted by Gasteiger charge is -2.10. The predicted octanol–water partition coefficient (Wildman–Crippen LogP) is 3.88. The van der Waals surface area contributed by atoms with Gasteiger partial charge in [0.25, 0.3) is 0 Å². The molecule has 128 valence electrons. The van der Waals surface area contributed by atoms with Crippen molar-refractivity contribution >= 4 is 28.5 Å². The van der Waals surface area contributed by atoms with Crippen LogP contribution in [0.15, 0.2) is 36.9 Å². The number of benzene rings is 1. The molecule has 1 heterocycles. The van der Waals surface area contributed by atoms with Crippen LogP contribution in [0.25, 0.3) is 10.9 Å². The first kappa shape index (κ1) is 18.2. The molecule has 1 N–H and O–H groups in total. The molecular weight excluding hydrogens is 330 g/mol. The van der Waals surface area contributed by atoms with Crippen LogP contribution in [0.4, 0.5) is 0 Å².